The number of anilines is 1. The van der Waals surface area contributed by atoms with Gasteiger partial charge in [0, 0.05) is 24.2 Å². The molecule has 8 heteroatoms. The molecule has 1 aromatic heterocycles. The molecule has 0 saturated heterocycles. The Labute approximate surface area is 179 Å². The SMILES string of the molecule is CCn1c(SCC(=O)Nc2ccccc2C)nnc1-c1ccc2c(c1)OCCCO2. The largest absolute Gasteiger partial charge is 0.490 e. The molecule has 0 unspecified atom stereocenters. The molecule has 0 atom stereocenters. The molecule has 4 rings (SSSR count). The summed E-state index contributed by atoms with van der Waals surface area (Å²) in [4.78, 5) is 12.4. The van der Waals surface area contributed by atoms with E-state index in [1.54, 1.807) is 0 Å². The van der Waals surface area contributed by atoms with E-state index in [1.807, 2.05) is 60.9 Å². The first-order chi connectivity index (χ1) is 14.7. The number of amides is 1. The van der Waals surface area contributed by atoms with E-state index in [-0.39, 0.29) is 11.7 Å². The fourth-order valence-electron chi connectivity index (χ4n) is 3.23. The summed E-state index contributed by atoms with van der Waals surface area (Å²) >= 11 is 1.37. The summed E-state index contributed by atoms with van der Waals surface area (Å²) < 4.78 is 13.5. The van der Waals surface area contributed by atoms with Gasteiger partial charge in [-0.3, -0.25) is 4.79 Å². The van der Waals surface area contributed by atoms with Gasteiger partial charge in [-0.15, -0.1) is 10.2 Å². The van der Waals surface area contributed by atoms with Crippen molar-refractivity contribution in [2.45, 2.75) is 32.0 Å². The van der Waals surface area contributed by atoms with Crippen LogP contribution in [0.15, 0.2) is 47.6 Å². The standard InChI is InChI=1S/C22H24N4O3S/c1-3-26-21(16-9-10-18-19(13-16)29-12-6-11-28-18)24-25-22(26)30-14-20(27)23-17-8-5-4-7-15(17)2/h4-5,7-10,13H,3,6,11-12,14H2,1-2H3,(H,23,27). The lowest BCUT2D eigenvalue weighted by molar-refractivity contribution is -0.113. The Bertz CT molecular complexity index is 1050. The van der Waals surface area contributed by atoms with E-state index < -0.39 is 0 Å². The van der Waals surface area contributed by atoms with Gasteiger partial charge in [0.05, 0.1) is 19.0 Å². The number of carbonyl (C=O) groups excluding carboxylic acids is 1. The molecule has 3 aromatic rings. The minimum Gasteiger partial charge on any atom is -0.490 e. The third-order valence-electron chi connectivity index (χ3n) is 4.79. The molecule has 1 aliphatic rings. The fraction of sp³-hybridized carbons (Fsp3) is 0.318. The van der Waals surface area contributed by atoms with Gasteiger partial charge in [-0.25, -0.2) is 0 Å². The molecular weight excluding hydrogens is 400 g/mol. The third-order valence-corrected chi connectivity index (χ3v) is 5.76. The molecule has 2 heterocycles. The van der Waals surface area contributed by atoms with Gasteiger partial charge in [-0.1, -0.05) is 30.0 Å². The highest BCUT2D eigenvalue weighted by atomic mass is 32.2. The zero-order chi connectivity index (χ0) is 20.9. The highest BCUT2D eigenvalue weighted by Crippen LogP contribution is 2.34. The van der Waals surface area contributed by atoms with Crippen molar-refractivity contribution < 1.29 is 14.3 Å². The van der Waals surface area contributed by atoms with Crippen LogP contribution in [0.25, 0.3) is 11.4 Å². The second kappa shape index (κ2) is 9.21. The number of carbonyl (C=O) groups is 1. The van der Waals surface area contributed by atoms with Crippen LogP contribution in [-0.2, 0) is 11.3 Å². The quantitative estimate of drug-likeness (QED) is 0.599. The Morgan fingerprint density at radius 1 is 1.13 bits per heavy atom. The van der Waals surface area contributed by atoms with Gasteiger partial charge in [0.25, 0.3) is 0 Å². The maximum atomic E-state index is 12.4. The van der Waals surface area contributed by atoms with E-state index in [0.717, 1.165) is 40.6 Å². The number of fused-ring (bicyclic) bond motifs is 1. The van der Waals surface area contributed by atoms with Gasteiger partial charge in [0.2, 0.25) is 5.91 Å². The number of aromatic nitrogens is 3. The van der Waals surface area contributed by atoms with E-state index in [9.17, 15) is 4.79 Å². The van der Waals surface area contributed by atoms with Gasteiger partial charge in [0.1, 0.15) is 0 Å². The zero-order valence-corrected chi connectivity index (χ0v) is 17.9. The highest BCUT2D eigenvalue weighted by Gasteiger charge is 2.18. The minimum absolute atomic E-state index is 0.0721. The molecule has 156 valence electrons. The number of hydrogen-bond acceptors (Lipinski definition) is 6. The summed E-state index contributed by atoms with van der Waals surface area (Å²) in [5.74, 6) is 2.41. The molecule has 0 fully saturated rings. The Morgan fingerprint density at radius 3 is 2.73 bits per heavy atom. The second-order valence-electron chi connectivity index (χ2n) is 6.91. The van der Waals surface area contributed by atoms with Crippen LogP contribution < -0.4 is 14.8 Å². The summed E-state index contributed by atoms with van der Waals surface area (Å²) in [5.41, 5.74) is 2.77. The van der Waals surface area contributed by atoms with Crippen molar-refractivity contribution in [3.63, 3.8) is 0 Å². The van der Waals surface area contributed by atoms with Gasteiger partial charge < -0.3 is 19.4 Å². The molecule has 0 aliphatic carbocycles. The van der Waals surface area contributed by atoms with Crippen LogP contribution in [0.2, 0.25) is 0 Å². The maximum absolute atomic E-state index is 12.4. The highest BCUT2D eigenvalue weighted by molar-refractivity contribution is 7.99. The average molecular weight is 425 g/mol. The number of thioether (sulfide) groups is 1. The van der Waals surface area contributed by atoms with Gasteiger partial charge in [-0.05, 0) is 43.7 Å². The van der Waals surface area contributed by atoms with Crippen molar-refractivity contribution >= 4 is 23.4 Å². The van der Waals surface area contributed by atoms with E-state index >= 15 is 0 Å². The number of aryl methyl sites for hydroxylation is 1. The first-order valence-corrected chi connectivity index (χ1v) is 11.0. The van der Waals surface area contributed by atoms with Crippen molar-refractivity contribution in [1.29, 1.82) is 0 Å². The van der Waals surface area contributed by atoms with Crippen molar-refractivity contribution in [3.8, 4) is 22.9 Å². The summed E-state index contributed by atoms with van der Waals surface area (Å²) in [6.07, 6.45) is 0.862. The molecule has 1 N–H and O–H groups in total. The smallest absolute Gasteiger partial charge is 0.234 e. The predicted molar refractivity (Wildman–Crippen MR) is 117 cm³/mol. The molecule has 30 heavy (non-hydrogen) atoms. The van der Waals surface area contributed by atoms with Crippen molar-refractivity contribution in [2.24, 2.45) is 0 Å². The van der Waals surface area contributed by atoms with Crippen LogP contribution in [0.5, 0.6) is 11.5 Å². The predicted octanol–water partition coefficient (Wildman–Crippen LogP) is 4.17. The molecule has 2 aromatic carbocycles. The monoisotopic (exact) mass is 424 g/mol. The summed E-state index contributed by atoms with van der Waals surface area (Å²) in [6, 6.07) is 13.5. The Balaban J connectivity index is 1.48. The van der Waals surface area contributed by atoms with E-state index in [2.05, 4.69) is 15.5 Å². The number of benzene rings is 2. The minimum atomic E-state index is -0.0721. The number of rotatable bonds is 6. The van der Waals surface area contributed by atoms with Crippen LogP contribution in [0.1, 0.15) is 18.9 Å². The lowest BCUT2D eigenvalue weighted by atomic mass is 10.2. The second-order valence-corrected chi connectivity index (χ2v) is 7.86. The van der Waals surface area contributed by atoms with Crippen molar-refractivity contribution in [1.82, 2.24) is 14.8 Å². The average Bonchev–Trinajstić information content (AvgIpc) is 3.02. The molecule has 1 aliphatic heterocycles. The lowest BCUT2D eigenvalue weighted by Gasteiger charge is -2.11. The van der Waals surface area contributed by atoms with E-state index in [4.69, 9.17) is 9.47 Å². The lowest BCUT2D eigenvalue weighted by Crippen LogP contribution is -2.15. The molecular formula is C22H24N4O3S. The van der Waals surface area contributed by atoms with E-state index in [0.29, 0.717) is 24.9 Å². The Morgan fingerprint density at radius 2 is 1.93 bits per heavy atom. The number of ether oxygens (including phenoxy) is 2. The van der Waals surface area contributed by atoms with Crippen LogP contribution in [0, 0.1) is 6.92 Å². The van der Waals surface area contributed by atoms with Gasteiger partial charge >= 0.3 is 0 Å². The maximum Gasteiger partial charge on any atom is 0.234 e. The summed E-state index contributed by atoms with van der Waals surface area (Å²) in [5, 5.41) is 12.3. The number of para-hydroxylation sites is 1. The van der Waals surface area contributed by atoms with Gasteiger partial charge in [0.15, 0.2) is 22.5 Å². The van der Waals surface area contributed by atoms with Crippen LogP contribution in [0.3, 0.4) is 0 Å². The topological polar surface area (TPSA) is 78.3 Å². The van der Waals surface area contributed by atoms with Gasteiger partial charge in [-0.2, -0.15) is 0 Å². The number of nitrogens with one attached hydrogen (secondary N) is 1. The summed E-state index contributed by atoms with van der Waals surface area (Å²) in [6.45, 7) is 5.99. The third kappa shape index (κ3) is 4.43. The number of hydrogen-bond donors (Lipinski definition) is 1. The number of nitrogens with zero attached hydrogens (tertiary/aromatic N) is 3. The zero-order valence-electron chi connectivity index (χ0n) is 17.1. The molecule has 0 radical (unpaired) electrons. The summed E-state index contributed by atoms with van der Waals surface area (Å²) in [7, 11) is 0. The van der Waals surface area contributed by atoms with Crippen LogP contribution in [0.4, 0.5) is 5.69 Å². The molecule has 0 bridgehead atoms. The van der Waals surface area contributed by atoms with Crippen LogP contribution >= 0.6 is 11.8 Å². The first kappa shape index (κ1) is 20.3. The molecule has 7 nitrogen and oxygen atoms in total. The Kier molecular flexibility index (Phi) is 6.23. The normalized spacial score (nSPS) is 13.0. The molecule has 0 saturated carbocycles. The van der Waals surface area contributed by atoms with Crippen molar-refractivity contribution in [3.05, 3.63) is 48.0 Å². The Hall–Kier alpha value is -3.00. The van der Waals surface area contributed by atoms with E-state index in [1.165, 1.54) is 11.8 Å². The van der Waals surface area contributed by atoms with Crippen molar-refractivity contribution in [2.75, 3.05) is 24.3 Å². The molecule has 1 amide bonds. The first-order valence-electron chi connectivity index (χ1n) is 9.97. The molecule has 0 spiro atoms. The van der Waals surface area contributed by atoms with Crippen LogP contribution in [-0.4, -0.2) is 39.6 Å². The fourth-order valence-corrected chi connectivity index (χ4v) is 4.03.